The van der Waals surface area contributed by atoms with Gasteiger partial charge in [0.05, 0.1) is 23.7 Å². The van der Waals surface area contributed by atoms with E-state index in [4.69, 9.17) is 4.74 Å². The zero-order chi connectivity index (χ0) is 14.0. The zero-order valence-electron chi connectivity index (χ0n) is 11.1. The fourth-order valence-electron chi connectivity index (χ4n) is 2.36. The number of rotatable bonds is 3. The predicted octanol–water partition coefficient (Wildman–Crippen LogP) is 3.10. The number of anilines is 1. The van der Waals surface area contributed by atoms with Gasteiger partial charge in [-0.05, 0) is 26.0 Å². The van der Waals surface area contributed by atoms with E-state index in [0.717, 1.165) is 12.2 Å². The number of halogens is 1. The molecule has 6 heteroatoms. The minimum atomic E-state index is -0.342. The molecule has 2 rings (SSSR count). The lowest BCUT2D eigenvalue weighted by atomic mass is 10.0. The largest absolute Gasteiger partial charge is 0.377 e. The van der Waals surface area contributed by atoms with Gasteiger partial charge >= 0.3 is 0 Å². The molecule has 0 unspecified atom stereocenters. The van der Waals surface area contributed by atoms with Gasteiger partial charge < -0.3 is 9.64 Å². The zero-order valence-corrected chi connectivity index (χ0v) is 12.6. The number of morpholine rings is 1. The lowest BCUT2D eigenvalue weighted by Gasteiger charge is -2.43. The Hall–Kier alpha value is -1.14. The van der Waals surface area contributed by atoms with Crippen LogP contribution in [0, 0.1) is 10.1 Å². The Balaban J connectivity index is 2.37. The van der Waals surface area contributed by atoms with Gasteiger partial charge in [0.15, 0.2) is 0 Å². The van der Waals surface area contributed by atoms with E-state index in [0.29, 0.717) is 24.1 Å². The quantitative estimate of drug-likeness (QED) is 0.486. The number of hydrogen-bond donors (Lipinski definition) is 0. The first-order chi connectivity index (χ1) is 8.95. The Morgan fingerprint density at radius 2 is 2.26 bits per heavy atom. The number of ether oxygens (including phenoxy) is 1. The average molecular weight is 329 g/mol. The van der Waals surface area contributed by atoms with Gasteiger partial charge in [0.1, 0.15) is 0 Å². The number of alkyl halides is 1. The second-order valence-electron chi connectivity index (χ2n) is 5.22. The first kappa shape index (κ1) is 14.3. The molecule has 0 spiro atoms. The van der Waals surface area contributed by atoms with E-state index in [-0.39, 0.29) is 16.1 Å². The van der Waals surface area contributed by atoms with Crippen LogP contribution in [0.25, 0.3) is 0 Å². The summed E-state index contributed by atoms with van der Waals surface area (Å²) >= 11 is 3.32. The fraction of sp³-hybridized carbons (Fsp3) is 0.538. The van der Waals surface area contributed by atoms with Gasteiger partial charge in [0, 0.05) is 29.2 Å². The average Bonchev–Trinajstić information content (AvgIpc) is 2.37. The van der Waals surface area contributed by atoms with Crippen molar-refractivity contribution in [1.82, 2.24) is 0 Å². The molecular weight excluding hydrogens is 312 g/mol. The van der Waals surface area contributed by atoms with Gasteiger partial charge in [-0.15, -0.1) is 0 Å². The number of nitro groups is 1. The van der Waals surface area contributed by atoms with Crippen molar-refractivity contribution >= 4 is 27.3 Å². The van der Waals surface area contributed by atoms with Crippen molar-refractivity contribution in [2.45, 2.75) is 24.7 Å². The number of nitrogens with zero attached hydrogens (tertiary/aromatic N) is 2. The molecular formula is C13H17BrN2O3. The monoisotopic (exact) mass is 328 g/mol. The minimum Gasteiger partial charge on any atom is -0.377 e. The topological polar surface area (TPSA) is 55.6 Å². The summed E-state index contributed by atoms with van der Waals surface area (Å²) < 4.78 is 5.50. The maximum Gasteiger partial charge on any atom is 0.273 e. The molecule has 0 radical (unpaired) electrons. The highest BCUT2D eigenvalue weighted by Crippen LogP contribution is 2.31. The van der Waals surface area contributed by atoms with Crippen molar-refractivity contribution in [2.75, 3.05) is 24.7 Å². The lowest BCUT2D eigenvalue weighted by molar-refractivity contribution is -0.385. The highest BCUT2D eigenvalue weighted by atomic mass is 79.9. The Bertz CT molecular complexity index is 491. The molecule has 0 aromatic heterocycles. The van der Waals surface area contributed by atoms with Crippen LogP contribution in [0.2, 0.25) is 0 Å². The van der Waals surface area contributed by atoms with E-state index in [2.05, 4.69) is 34.7 Å². The predicted molar refractivity (Wildman–Crippen MR) is 78.0 cm³/mol. The van der Waals surface area contributed by atoms with Gasteiger partial charge in [-0.3, -0.25) is 10.1 Å². The Labute approximate surface area is 120 Å². The van der Waals surface area contributed by atoms with Crippen LogP contribution in [-0.2, 0) is 10.1 Å². The summed E-state index contributed by atoms with van der Waals surface area (Å²) in [5, 5.41) is 11.4. The summed E-state index contributed by atoms with van der Waals surface area (Å²) in [4.78, 5) is 12.8. The van der Waals surface area contributed by atoms with Gasteiger partial charge in [-0.1, -0.05) is 15.9 Å². The second-order valence-corrected chi connectivity index (χ2v) is 5.78. The maximum atomic E-state index is 10.9. The van der Waals surface area contributed by atoms with Gasteiger partial charge in [0.25, 0.3) is 5.69 Å². The van der Waals surface area contributed by atoms with Crippen LogP contribution in [0.3, 0.4) is 0 Å². The first-order valence-corrected chi connectivity index (χ1v) is 7.26. The van der Waals surface area contributed by atoms with E-state index in [9.17, 15) is 10.1 Å². The summed E-state index contributed by atoms with van der Waals surface area (Å²) in [7, 11) is 0. The molecule has 1 aliphatic rings. The molecule has 1 aliphatic heterocycles. The summed E-state index contributed by atoms with van der Waals surface area (Å²) in [6.45, 7) is 6.37. The third-order valence-corrected chi connectivity index (χ3v) is 3.96. The number of nitro benzene ring substituents is 1. The van der Waals surface area contributed by atoms with Crippen LogP contribution >= 0.6 is 15.9 Å². The molecule has 5 nitrogen and oxygen atoms in total. The van der Waals surface area contributed by atoms with Crippen LogP contribution in [0.1, 0.15) is 19.4 Å². The van der Waals surface area contributed by atoms with E-state index in [1.165, 1.54) is 0 Å². The SMILES string of the molecule is CC1(C)COCCN1c1ccc([N+](=O)[O-])c(CBr)c1. The third kappa shape index (κ3) is 2.90. The van der Waals surface area contributed by atoms with Crippen LogP contribution in [-0.4, -0.2) is 30.2 Å². The normalized spacial score (nSPS) is 18.4. The standard InChI is InChI=1S/C13H17BrN2O3/c1-13(2)9-19-6-5-15(13)11-3-4-12(16(17)18)10(7-11)8-14/h3-4,7H,5-6,8-9H2,1-2H3. The second kappa shape index (κ2) is 5.46. The fourth-order valence-corrected chi connectivity index (χ4v) is 2.81. The highest BCUT2D eigenvalue weighted by molar-refractivity contribution is 9.08. The van der Waals surface area contributed by atoms with Crippen molar-refractivity contribution in [1.29, 1.82) is 0 Å². The maximum absolute atomic E-state index is 10.9. The minimum absolute atomic E-state index is 0.0992. The van der Waals surface area contributed by atoms with Crippen LogP contribution in [0.15, 0.2) is 18.2 Å². The molecule has 0 atom stereocenters. The molecule has 0 N–H and O–H groups in total. The lowest BCUT2D eigenvalue weighted by Crippen LogP contribution is -2.53. The molecule has 0 saturated carbocycles. The van der Waals surface area contributed by atoms with Crippen LogP contribution in [0.4, 0.5) is 11.4 Å². The molecule has 1 fully saturated rings. The summed E-state index contributed by atoms with van der Waals surface area (Å²) in [6, 6.07) is 5.29. The van der Waals surface area contributed by atoms with Crippen molar-refractivity contribution in [3.63, 3.8) is 0 Å². The Morgan fingerprint density at radius 3 is 2.84 bits per heavy atom. The molecule has 1 heterocycles. The summed E-state index contributed by atoms with van der Waals surface area (Å²) in [6.07, 6.45) is 0. The van der Waals surface area contributed by atoms with Gasteiger partial charge in [0.2, 0.25) is 0 Å². The van der Waals surface area contributed by atoms with E-state index in [1.54, 1.807) is 6.07 Å². The van der Waals surface area contributed by atoms with Crippen molar-refractivity contribution in [3.05, 3.63) is 33.9 Å². The van der Waals surface area contributed by atoms with Crippen LogP contribution in [0.5, 0.6) is 0 Å². The third-order valence-electron chi connectivity index (χ3n) is 3.36. The number of hydrogen-bond acceptors (Lipinski definition) is 4. The summed E-state index contributed by atoms with van der Waals surface area (Å²) in [5.41, 5.74) is 1.77. The van der Waals surface area contributed by atoms with Gasteiger partial charge in [-0.25, -0.2) is 0 Å². The van der Waals surface area contributed by atoms with Crippen molar-refractivity contribution in [3.8, 4) is 0 Å². The Morgan fingerprint density at radius 1 is 1.53 bits per heavy atom. The molecule has 0 bridgehead atoms. The Kier molecular flexibility index (Phi) is 4.10. The van der Waals surface area contributed by atoms with E-state index >= 15 is 0 Å². The smallest absolute Gasteiger partial charge is 0.273 e. The molecule has 0 amide bonds. The highest BCUT2D eigenvalue weighted by Gasteiger charge is 2.31. The van der Waals surface area contributed by atoms with Crippen molar-refractivity contribution in [2.24, 2.45) is 0 Å². The first-order valence-electron chi connectivity index (χ1n) is 6.14. The number of benzene rings is 1. The molecule has 1 saturated heterocycles. The summed E-state index contributed by atoms with van der Waals surface area (Å²) in [5.74, 6) is 0. The molecule has 19 heavy (non-hydrogen) atoms. The molecule has 104 valence electrons. The van der Waals surface area contributed by atoms with Crippen molar-refractivity contribution < 1.29 is 9.66 Å². The van der Waals surface area contributed by atoms with Crippen LogP contribution < -0.4 is 4.90 Å². The van der Waals surface area contributed by atoms with Gasteiger partial charge in [-0.2, -0.15) is 0 Å². The van der Waals surface area contributed by atoms with E-state index in [1.807, 2.05) is 12.1 Å². The van der Waals surface area contributed by atoms with E-state index < -0.39 is 0 Å². The molecule has 0 aliphatic carbocycles. The molecule has 1 aromatic carbocycles. The molecule has 1 aromatic rings.